The summed E-state index contributed by atoms with van der Waals surface area (Å²) < 4.78 is 17.2. The van der Waals surface area contributed by atoms with Crippen LogP contribution in [0.3, 0.4) is 0 Å². The lowest BCUT2D eigenvalue weighted by molar-refractivity contribution is 0.0497. The number of carbonyl (C=O) groups excluding carboxylic acids is 1. The molecule has 4 rings (SSSR count). The minimum absolute atomic E-state index is 0.0246. The van der Waals surface area contributed by atoms with Crippen molar-refractivity contribution in [3.05, 3.63) is 89.5 Å². The average molecular weight is 447 g/mol. The van der Waals surface area contributed by atoms with E-state index in [9.17, 15) is 4.79 Å². The zero-order valence-corrected chi connectivity index (χ0v) is 19.4. The quantitative estimate of drug-likeness (QED) is 0.538. The Bertz CT molecular complexity index is 1050. The Morgan fingerprint density at radius 3 is 2.12 bits per heavy atom. The van der Waals surface area contributed by atoms with E-state index in [2.05, 4.69) is 24.1 Å². The molecule has 1 saturated heterocycles. The first-order chi connectivity index (χ1) is 16.1. The van der Waals surface area contributed by atoms with E-state index in [0.717, 1.165) is 24.2 Å². The maximum atomic E-state index is 13.7. The molecule has 172 valence electrons. The largest absolute Gasteiger partial charge is 0.493 e. The second kappa shape index (κ2) is 10.4. The van der Waals surface area contributed by atoms with Crippen LogP contribution in [-0.4, -0.2) is 56.6 Å². The molecule has 6 nitrogen and oxygen atoms in total. The van der Waals surface area contributed by atoms with Crippen molar-refractivity contribution in [2.75, 3.05) is 40.9 Å². The van der Waals surface area contributed by atoms with Gasteiger partial charge in [0, 0.05) is 25.2 Å². The number of piperazine rings is 1. The summed E-state index contributed by atoms with van der Waals surface area (Å²) >= 11 is 0. The van der Waals surface area contributed by atoms with Gasteiger partial charge >= 0.3 is 0 Å². The highest BCUT2D eigenvalue weighted by atomic mass is 16.5. The van der Waals surface area contributed by atoms with Gasteiger partial charge in [0.1, 0.15) is 6.61 Å². The number of methoxy groups -OCH3 is 2. The fraction of sp³-hybridized carbons (Fsp3) is 0.296. The number of hydrogen-bond acceptors (Lipinski definition) is 5. The number of benzene rings is 3. The lowest BCUT2D eigenvalue weighted by Gasteiger charge is -2.40. The van der Waals surface area contributed by atoms with Gasteiger partial charge in [-0.3, -0.25) is 4.79 Å². The second-order valence-electron chi connectivity index (χ2n) is 8.17. The first-order valence-electron chi connectivity index (χ1n) is 11.1. The molecule has 0 aromatic heterocycles. The number of likely N-dealkylation sites (N-methyl/N-ethyl adjacent to an activating group) is 1. The van der Waals surface area contributed by atoms with Gasteiger partial charge in [0.25, 0.3) is 5.91 Å². The topological polar surface area (TPSA) is 51.2 Å². The van der Waals surface area contributed by atoms with Gasteiger partial charge in [-0.1, -0.05) is 60.7 Å². The Balaban J connectivity index is 1.62. The number of hydrogen-bond donors (Lipinski definition) is 0. The molecule has 6 heteroatoms. The molecule has 0 radical (unpaired) electrons. The molecule has 1 fully saturated rings. The minimum Gasteiger partial charge on any atom is -0.493 e. The molecule has 0 unspecified atom stereocenters. The van der Waals surface area contributed by atoms with Crippen molar-refractivity contribution in [3.63, 3.8) is 0 Å². The highest BCUT2D eigenvalue weighted by Crippen LogP contribution is 2.40. The Morgan fingerprint density at radius 1 is 0.909 bits per heavy atom. The summed E-state index contributed by atoms with van der Waals surface area (Å²) in [5.41, 5.74) is 2.67. The number of carbonyl (C=O) groups is 1. The smallest absolute Gasteiger partial charge is 0.254 e. The summed E-state index contributed by atoms with van der Waals surface area (Å²) in [7, 11) is 5.23. The third-order valence-electron chi connectivity index (χ3n) is 5.96. The number of ether oxygens (including phenoxy) is 3. The van der Waals surface area contributed by atoms with Crippen LogP contribution in [0, 0.1) is 0 Å². The van der Waals surface area contributed by atoms with Crippen molar-refractivity contribution in [1.82, 2.24) is 9.80 Å². The third kappa shape index (κ3) is 5.12. The van der Waals surface area contributed by atoms with Crippen LogP contribution in [0.1, 0.15) is 27.5 Å². The third-order valence-corrected chi connectivity index (χ3v) is 5.96. The second-order valence-corrected chi connectivity index (χ2v) is 8.17. The van der Waals surface area contributed by atoms with Crippen LogP contribution in [-0.2, 0) is 6.61 Å². The van der Waals surface area contributed by atoms with Gasteiger partial charge in [-0.15, -0.1) is 0 Å². The van der Waals surface area contributed by atoms with Crippen molar-refractivity contribution in [1.29, 1.82) is 0 Å². The average Bonchev–Trinajstić information content (AvgIpc) is 2.87. The highest BCUT2D eigenvalue weighted by Gasteiger charge is 2.32. The lowest BCUT2D eigenvalue weighted by atomic mass is 10.0. The van der Waals surface area contributed by atoms with E-state index in [4.69, 9.17) is 14.2 Å². The van der Waals surface area contributed by atoms with Gasteiger partial charge < -0.3 is 24.0 Å². The Labute approximate surface area is 195 Å². The minimum atomic E-state index is -0.0526. The monoisotopic (exact) mass is 446 g/mol. The molecule has 0 N–H and O–H groups in total. The molecule has 0 bridgehead atoms. The summed E-state index contributed by atoms with van der Waals surface area (Å²) in [6.45, 7) is 2.62. The first kappa shape index (κ1) is 22.7. The molecule has 33 heavy (non-hydrogen) atoms. The van der Waals surface area contributed by atoms with E-state index in [1.54, 1.807) is 26.4 Å². The fourth-order valence-corrected chi connectivity index (χ4v) is 4.16. The van der Waals surface area contributed by atoms with Crippen molar-refractivity contribution >= 4 is 5.91 Å². The van der Waals surface area contributed by atoms with E-state index in [-0.39, 0.29) is 11.9 Å². The van der Waals surface area contributed by atoms with Gasteiger partial charge in [0.15, 0.2) is 11.5 Å². The van der Waals surface area contributed by atoms with Crippen LogP contribution in [0.4, 0.5) is 0 Å². The molecule has 1 heterocycles. The molecule has 3 aromatic rings. The Kier molecular flexibility index (Phi) is 7.15. The summed E-state index contributed by atoms with van der Waals surface area (Å²) in [6, 6.07) is 23.5. The molecular weight excluding hydrogens is 416 g/mol. The first-order valence-corrected chi connectivity index (χ1v) is 11.1. The van der Waals surface area contributed by atoms with E-state index >= 15 is 0 Å². The van der Waals surface area contributed by atoms with Gasteiger partial charge in [0.05, 0.1) is 20.3 Å². The van der Waals surface area contributed by atoms with Gasteiger partial charge in [-0.25, -0.2) is 0 Å². The molecular formula is C27H30N2O4. The lowest BCUT2D eigenvalue weighted by Crippen LogP contribution is -2.49. The predicted molar refractivity (Wildman–Crippen MR) is 128 cm³/mol. The van der Waals surface area contributed by atoms with E-state index < -0.39 is 0 Å². The van der Waals surface area contributed by atoms with E-state index in [1.807, 2.05) is 53.4 Å². The van der Waals surface area contributed by atoms with Crippen LogP contribution < -0.4 is 14.2 Å². The maximum absolute atomic E-state index is 13.7. The molecule has 1 aliphatic heterocycles. The van der Waals surface area contributed by atoms with Crippen LogP contribution in [0.2, 0.25) is 0 Å². The van der Waals surface area contributed by atoms with Crippen LogP contribution in [0.5, 0.6) is 17.2 Å². The predicted octanol–water partition coefficient (Wildman–Crippen LogP) is 4.41. The maximum Gasteiger partial charge on any atom is 0.254 e. The molecule has 0 saturated carbocycles. The van der Waals surface area contributed by atoms with Crippen molar-refractivity contribution < 1.29 is 19.0 Å². The van der Waals surface area contributed by atoms with Crippen LogP contribution in [0.15, 0.2) is 72.8 Å². The number of rotatable bonds is 7. The normalized spacial score (nSPS) is 16.3. The van der Waals surface area contributed by atoms with E-state index in [0.29, 0.717) is 36.0 Å². The summed E-state index contributed by atoms with van der Waals surface area (Å²) in [6.07, 6.45) is 0. The van der Waals surface area contributed by atoms with Crippen molar-refractivity contribution in [3.8, 4) is 17.2 Å². The summed E-state index contributed by atoms with van der Waals surface area (Å²) in [4.78, 5) is 17.9. The summed E-state index contributed by atoms with van der Waals surface area (Å²) in [5.74, 6) is 1.37. The molecule has 0 aliphatic carbocycles. The number of nitrogens with zero attached hydrogens (tertiary/aromatic N) is 2. The molecule has 0 spiro atoms. The number of amides is 1. The molecule has 3 aromatic carbocycles. The molecule has 1 aliphatic rings. The highest BCUT2D eigenvalue weighted by molar-refractivity contribution is 5.96. The van der Waals surface area contributed by atoms with Crippen molar-refractivity contribution in [2.24, 2.45) is 0 Å². The van der Waals surface area contributed by atoms with E-state index in [1.165, 1.54) is 0 Å². The molecule has 1 amide bonds. The Morgan fingerprint density at radius 2 is 1.52 bits per heavy atom. The Hall–Kier alpha value is -3.51. The van der Waals surface area contributed by atoms with Gasteiger partial charge in [-0.05, 0) is 30.3 Å². The van der Waals surface area contributed by atoms with Gasteiger partial charge in [0.2, 0.25) is 5.75 Å². The SMILES string of the molecule is COc1cc(C(=O)N2CCN(C)C[C@H]2c2ccccc2)cc(OC)c1OCc1ccccc1. The fourth-order valence-electron chi connectivity index (χ4n) is 4.16. The van der Waals surface area contributed by atoms with Crippen LogP contribution in [0.25, 0.3) is 0 Å². The molecule has 1 atom stereocenters. The summed E-state index contributed by atoms with van der Waals surface area (Å²) in [5, 5.41) is 0. The van der Waals surface area contributed by atoms with Gasteiger partial charge in [-0.2, -0.15) is 0 Å². The standard InChI is InChI=1S/C27H30N2O4/c1-28-14-15-29(23(18-28)21-12-8-5-9-13-21)27(30)22-16-24(31-2)26(25(17-22)32-3)33-19-20-10-6-4-7-11-20/h4-13,16-17,23H,14-15,18-19H2,1-3H3/t23-/m0/s1. The van der Waals surface area contributed by atoms with Crippen LogP contribution >= 0.6 is 0 Å². The zero-order chi connectivity index (χ0) is 23.2. The zero-order valence-electron chi connectivity index (χ0n) is 19.4. The van der Waals surface area contributed by atoms with Crippen molar-refractivity contribution in [2.45, 2.75) is 12.6 Å².